The van der Waals surface area contributed by atoms with Crippen molar-refractivity contribution in [1.82, 2.24) is 4.98 Å². The molecule has 1 heterocycles. The predicted molar refractivity (Wildman–Crippen MR) is 70.6 cm³/mol. The van der Waals surface area contributed by atoms with Gasteiger partial charge in [-0.2, -0.15) is 0 Å². The highest BCUT2D eigenvalue weighted by atomic mass is 16.6. The molecule has 0 aliphatic heterocycles. The van der Waals surface area contributed by atoms with Gasteiger partial charge in [-0.3, -0.25) is 0 Å². The van der Waals surface area contributed by atoms with Gasteiger partial charge in [0.1, 0.15) is 0 Å². The Balaban J connectivity index is 1.99. The largest absolute Gasteiger partial charge is 0.379 e. The Morgan fingerprint density at radius 2 is 2.28 bits per heavy atom. The summed E-state index contributed by atoms with van der Waals surface area (Å²) in [6.07, 6.45) is 6.32. The first-order valence-corrected chi connectivity index (χ1v) is 6.33. The molecular weight excluding hydrogens is 230 g/mol. The molecule has 1 unspecified atom stereocenters. The summed E-state index contributed by atoms with van der Waals surface area (Å²) < 4.78 is 0. The number of rotatable bonds is 3. The molecule has 98 valence electrons. The number of nitrogens with zero attached hydrogens (tertiary/aromatic N) is 2. The topological polar surface area (TPSA) is 68.1 Å². The number of pyridine rings is 1. The Morgan fingerprint density at radius 3 is 2.83 bits per heavy atom. The second-order valence-electron chi connectivity index (χ2n) is 5.76. The molecule has 5 nitrogen and oxygen atoms in total. The van der Waals surface area contributed by atoms with E-state index in [-0.39, 0.29) is 5.82 Å². The Morgan fingerprint density at radius 1 is 1.50 bits per heavy atom. The van der Waals surface area contributed by atoms with Crippen molar-refractivity contribution in [3.8, 4) is 0 Å². The molecule has 1 aromatic heterocycles. The van der Waals surface area contributed by atoms with Gasteiger partial charge in [-0.25, -0.2) is 0 Å². The van der Waals surface area contributed by atoms with Gasteiger partial charge in [-0.1, -0.05) is 20.3 Å². The van der Waals surface area contributed by atoms with E-state index < -0.39 is 4.92 Å². The third-order valence-corrected chi connectivity index (χ3v) is 3.51. The third-order valence-electron chi connectivity index (χ3n) is 3.51. The van der Waals surface area contributed by atoms with Crippen LogP contribution in [0.1, 0.15) is 39.5 Å². The fourth-order valence-electron chi connectivity index (χ4n) is 2.64. The summed E-state index contributed by atoms with van der Waals surface area (Å²) >= 11 is 0. The molecule has 1 N–H and O–H groups in total. The van der Waals surface area contributed by atoms with Gasteiger partial charge < -0.3 is 15.4 Å². The molecule has 2 rings (SSSR count). The molecule has 18 heavy (non-hydrogen) atoms. The van der Waals surface area contributed by atoms with E-state index in [0.29, 0.717) is 11.5 Å². The SMILES string of the molecule is CC1(C)CCCC(Nc2ccc([N+](=O)[O-])nc2)C1. The van der Waals surface area contributed by atoms with Gasteiger partial charge in [0.2, 0.25) is 0 Å². The van der Waals surface area contributed by atoms with E-state index in [1.54, 1.807) is 12.3 Å². The Kier molecular flexibility index (Phi) is 3.50. The molecule has 1 aromatic rings. The van der Waals surface area contributed by atoms with Crippen LogP contribution in [0.3, 0.4) is 0 Å². The normalized spacial score (nSPS) is 22.4. The molecule has 0 radical (unpaired) electrons. The molecule has 0 aromatic carbocycles. The van der Waals surface area contributed by atoms with Crippen LogP contribution >= 0.6 is 0 Å². The zero-order valence-electron chi connectivity index (χ0n) is 10.8. The predicted octanol–water partition coefficient (Wildman–Crippen LogP) is 3.37. The molecule has 1 aliphatic rings. The van der Waals surface area contributed by atoms with Gasteiger partial charge in [0.05, 0.1) is 5.69 Å². The van der Waals surface area contributed by atoms with E-state index in [4.69, 9.17) is 0 Å². The summed E-state index contributed by atoms with van der Waals surface area (Å²) in [5, 5.41) is 13.9. The number of nitro groups is 1. The number of hydrogen-bond acceptors (Lipinski definition) is 4. The van der Waals surface area contributed by atoms with Crippen molar-refractivity contribution in [1.29, 1.82) is 0 Å². The Bertz CT molecular complexity index is 428. The number of hydrogen-bond donors (Lipinski definition) is 1. The average Bonchev–Trinajstić information content (AvgIpc) is 2.28. The molecular formula is C13H19N3O2. The maximum Gasteiger partial charge on any atom is 0.363 e. The lowest BCUT2D eigenvalue weighted by Gasteiger charge is -2.35. The second kappa shape index (κ2) is 4.92. The second-order valence-corrected chi connectivity index (χ2v) is 5.76. The van der Waals surface area contributed by atoms with Crippen molar-refractivity contribution in [3.63, 3.8) is 0 Å². The molecule has 0 bridgehead atoms. The first-order chi connectivity index (χ1) is 8.46. The minimum absolute atomic E-state index is 0.107. The summed E-state index contributed by atoms with van der Waals surface area (Å²) in [6, 6.07) is 3.61. The fourth-order valence-corrected chi connectivity index (χ4v) is 2.64. The average molecular weight is 249 g/mol. The van der Waals surface area contributed by atoms with Crippen molar-refractivity contribution in [2.24, 2.45) is 5.41 Å². The van der Waals surface area contributed by atoms with Crippen LogP contribution in [0, 0.1) is 15.5 Å². The maximum atomic E-state index is 10.5. The van der Waals surface area contributed by atoms with Crippen LogP contribution in [0.2, 0.25) is 0 Å². The van der Waals surface area contributed by atoms with Gasteiger partial charge in [0.15, 0.2) is 6.20 Å². The van der Waals surface area contributed by atoms with Crippen LogP contribution in [-0.4, -0.2) is 15.9 Å². The molecule has 1 fully saturated rings. The zero-order valence-corrected chi connectivity index (χ0v) is 10.8. The van der Waals surface area contributed by atoms with Crippen LogP contribution in [0.5, 0.6) is 0 Å². The lowest BCUT2D eigenvalue weighted by atomic mass is 9.75. The highest BCUT2D eigenvalue weighted by Crippen LogP contribution is 2.36. The van der Waals surface area contributed by atoms with E-state index in [9.17, 15) is 10.1 Å². The van der Waals surface area contributed by atoms with Gasteiger partial charge in [0.25, 0.3) is 0 Å². The van der Waals surface area contributed by atoms with Gasteiger partial charge in [0, 0.05) is 12.1 Å². The zero-order chi connectivity index (χ0) is 13.2. The lowest BCUT2D eigenvalue weighted by molar-refractivity contribution is -0.389. The van der Waals surface area contributed by atoms with Crippen LogP contribution < -0.4 is 5.32 Å². The van der Waals surface area contributed by atoms with E-state index in [2.05, 4.69) is 24.1 Å². The third kappa shape index (κ3) is 3.18. The van der Waals surface area contributed by atoms with Crippen LogP contribution in [-0.2, 0) is 0 Å². The van der Waals surface area contributed by atoms with Crippen molar-refractivity contribution >= 4 is 11.5 Å². The van der Waals surface area contributed by atoms with Gasteiger partial charge >= 0.3 is 5.82 Å². The van der Waals surface area contributed by atoms with E-state index in [0.717, 1.165) is 18.5 Å². The fraction of sp³-hybridized carbons (Fsp3) is 0.615. The smallest absolute Gasteiger partial charge is 0.363 e. The molecule has 5 heteroatoms. The van der Waals surface area contributed by atoms with Crippen LogP contribution in [0.4, 0.5) is 11.5 Å². The van der Waals surface area contributed by atoms with Crippen molar-refractivity contribution in [3.05, 3.63) is 28.4 Å². The summed E-state index contributed by atoms with van der Waals surface area (Å²) in [5.41, 5.74) is 1.24. The summed E-state index contributed by atoms with van der Waals surface area (Å²) in [5.74, 6) is -0.107. The van der Waals surface area contributed by atoms with Crippen LogP contribution in [0.15, 0.2) is 18.3 Å². The minimum atomic E-state index is -0.479. The molecule has 1 atom stereocenters. The van der Waals surface area contributed by atoms with Crippen molar-refractivity contribution in [2.45, 2.75) is 45.6 Å². The number of nitrogens with one attached hydrogen (secondary N) is 1. The monoisotopic (exact) mass is 249 g/mol. The van der Waals surface area contributed by atoms with E-state index in [1.165, 1.54) is 18.9 Å². The maximum absolute atomic E-state index is 10.5. The Hall–Kier alpha value is -1.65. The summed E-state index contributed by atoms with van der Waals surface area (Å²) in [7, 11) is 0. The highest BCUT2D eigenvalue weighted by molar-refractivity contribution is 5.44. The molecule has 0 amide bonds. The first-order valence-electron chi connectivity index (χ1n) is 6.33. The minimum Gasteiger partial charge on any atom is -0.379 e. The lowest BCUT2D eigenvalue weighted by Crippen LogP contribution is -2.31. The molecule has 1 saturated carbocycles. The number of aromatic nitrogens is 1. The first kappa shape index (κ1) is 12.8. The van der Waals surface area contributed by atoms with Crippen molar-refractivity contribution in [2.75, 3.05) is 5.32 Å². The molecule has 0 spiro atoms. The highest BCUT2D eigenvalue weighted by Gasteiger charge is 2.27. The standard InChI is InChI=1S/C13H19N3O2/c1-13(2)7-3-4-10(8-13)15-11-5-6-12(14-9-11)16(17)18/h5-6,9-10,15H,3-4,7-8H2,1-2H3. The Labute approximate surface area is 107 Å². The van der Waals surface area contributed by atoms with Gasteiger partial charge in [-0.15, -0.1) is 0 Å². The molecule has 1 aliphatic carbocycles. The molecule has 0 saturated heterocycles. The van der Waals surface area contributed by atoms with E-state index in [1.807, 2.05) is 0 Å². The summed E-state index contributed by atoms with van der Waals surface area (Å²) in [4.78, 5) is 13.8. The van der Waals surface area contributed by atoms with Crippen molar-refractivity contribution < 1.29 is 4.92 Å². The summed E-state index contributed by atoms with van der Waals surface area (Å²) in [6.45, 7) is 4.57. The van der Waals surface area contributed by atoms with E-state index >= 15 is 0 Å². The van der Waals surface area contributed by atoms with Crippen LogP contribution in [0.25, 0.3) is 0 Å². The van der Waals surface area contributed by atoms with Gasteiger partial charge in [-0.05, 0) is 40.7 Å². The number of anilines is 1. The quantitative estimate of drug-likeness (QED) is 0.658.